The van der Waals surface area contributed by atoms with E-state index in [0.29, 0.717) is 0 Å². The molecular weight excluding hydrogens is 569 g/mol. The van der Waals surface area contributed by atoms with E-state index >= 15 is 0 Å². The van der Waals surface area contributed by atoms with Crippen LogP contribution in [0, 0.1) is 0 Å². The van der Waals surface area contributed by atoms with E-state index in [9.17, 15) is 0 Å². The van der Waals surface area contributed by atoms with Gasteiger partial charge < -0.3 is 4.57 Å². The van der Waals surface area contributed by atoms with Crippen molar-refractivity contribution in [1.82, 2.24) is 9.55 Å². The molecule has 218 valence electrons. The van der Waals surface area contributed by atoms with Crippen LogP contribution in [0.3, 0.4) is 0 Å². The monoisotopic (exact) mass is 596 g/mol. The Morgan fingerprint density at radius 1 is 0.404 bits per heavy atom. The van der Waals surface area contributed by atoms with Gasteiger partial charge in [0.2, 0.25) is 0 Å². The van der Waals surface area contributed by atoms with Crippen LogP contribution < -0.4 is 0 Å². The first-order valence-corrected chi connectivity index (χ1v) is 16.1. The molecule has 0 fully saturated rings. The maximum absolute atomic E-state index is 5.32. The lowest BCUT2D eigenvalue weighted by Crippen LogP contribution is -1.96. The van der Waals surface area contributed by atoms with Crippen LogP contribution in [0.1, 0.15) is 0 Å². The van der Waals surface area contributed by atoms with Crippen molar-refractivity contribution in [2.75, 3.05) is 0 Å². The minimum atomic E-state index is 0.997. The first-order valence-electron chi connectivity index (χ1n) is 16.1. The molecule has 0 bridgehead atoms. The van der Waals surface area contributed by atoms with Gasteiger partial charge in [0.05, 0.1) is 22.2 Å². The molecule has 8 aromatic carbocycles. The van der Waals surface area contributed by atoms with Crippen LogP contribution in [0.4, 0.5) is 0 Å². The number of pyridine rings is 1. The predicted molar refractivity (Wildman–Crippen MR) is 199 cm³/mol. The van der Waals surface area contributed by atoms with Crippen molar-refractivity contribution in [1.29, 1.82) is 0 Å². The number of hydrogen-bond donors (Lipinski definition) is 0. The van der Waals surface area contributed by atoms with Gasteiger partial charge in [-0.2, -0.15) is 0 Å². The van der Waals surface area contributed by atoms with Gasteiger partial charge in [-0.25, -0.2) is 4.98 Å². The van der Waals surface area contributed by atoms with Crippen LogP contribution in [0.5, 0.6) is 0 Å². The van der Waals surface area contributed by atoms with E-state index in [2.05, 4.69) is 174 Å². The zero-order valence-electron chi connectivity index (χ0n) is 25.6. The smallest absolute Gasteiger partial charge is 0.0788 e. The van der Waals surface area contributed by atoms with Gasteiger partial charge in [-0.05, 0) is 63.0 Å². The zero-order chi connectivity index (χ0) is 30.9. The highest BCUT2D eigenvalue weighted by Crippen LogP contribution is 2.42. The second kappa shape index (κ2) is 10.1. The van der Waals surface area contributed by atoms with Gasteiger partial charge >= 0.3 is 0 Å². The minimum Gasteiger partial charge on any atom is -0.309 e. The maximum atomic E-state index is 5.32. The van der Waals surface area contributed by atoms with Crippen molar-refractivity contribution in [3.05, 3.63) is 170 Å². The Labute approximate surface area is 271 Å². The summed E-state index contributed by atoms with van der Waals surface area (Å²) in [7, 11) is 0. The molecule has 47 heavy (non-hydrogen) atoms. The lowest BCUT2D eigenvalue weighted by Gasteiger charge is -2.15. The summed E-state index contributed by atoms with van der Waals surface area (Å²) in [6, 6.07) is 61.3. The third kappa shape index (κ3) is 3.89. The van der Waals surface area contributed by atoms with Crippen molar-refractivity contribution >= 4 is 65.0 Å². The molecule has 0 amide bonds. The number of aromatic nitrogens is 2. The van der Waals surface area contributed by atoms with E-state index in [1.165, 1.54) is 59.9 Å². The average Bonchev–Trinajstić information content (AvgIpc) is 3.49. The second-order valence-electron chi connectivity index (χ2n) is 12.3. The summed E-state index contributed by atoms with van der Waals surface area (Å²) in [5.41, 5.74) is 9.13. The van der Waals surface area contributed by atoms with Crippen LogP contribution in [0.25, 0.3) is 93.1 Å². The number of nitrogens with zero attached hydrogens (tertiary/aromatic N) is 2. The fourth-order valence-corrected chi connectivity index (χ4v) is 7.66. The Morgan fingerprint density at radius 3 is 1.85 bits per heavy atom. The van der Waals surface area contributed by atoms with Gasteiger partial charge in [0.15, 0.2) is 0 Å². The molecule has 0 N–H and O–H groups in total. The summed E-state index contributed by atoms with van der Waals surface area (Å²) in [4.78, 5) is 5.32. The van der Waals surface area contributed by atoms with Crippen LogP contribution >= 0.6 is 0 Å². The van der Waals surface area contributed by atoms with Gasteiger partial charge in [0.25, 0.3) is 0 Å². The molecule has 0 aliphatic rings. The number of benzene rings is 8. The van der Waals surface area contributed by atoms with Gasteiger partial charge in [0, 0.05) is 38.2 Å². The van der Waals surface area contributed by atoms with Crippen LogP contribution in [-0.4, -0.2) is 9.55 Å². The van der Waals surface area contributed by atoms with Gasteiger partial charge in [-0.3, -0.25) is 0 Å². The van der Waals surface area contributed by atoms with Crippen LogP contribution in [-0.2, 0) is 0 Å². The highest BCUT2D eigenvalue weighted by atomic mass is 15.0. The standard InChI is InChI=1S/C45H28N2/c1-2-13-32(14-3-1)47-42-21-11-9-18-36(42)37-26-27-39-43(45(37)47)38-19-8-10-20-41(38)46-44(39)30-24-22-29(23-25-30)40-28-31-12-4-5-15-33(31)34-16-6-7-17-35(34)40/h1-28H. The van der Waals surface area contributed by atoms with Crippen LogP contribution in [0.2, 0.25) is 0 Å². The zero-order valence-corrected chi connectivity index (χ0v) is 25.6. The Hall–Kier alpha value is -6.25. The quantitative estimate of drug-likeness (QED) is 0.186. The molecular formula is C45H28N2. The highest BCUT2D eigenvalue weighted by molar-refractivity contribution is 6.27. The SMILES string of the molecule is c1ccc(-n2c3ccccc3c3ccc4c(-c5ccc(-c6cc7ccccc7c7ccccc67)cc5)nc5ccccc5c4c32)cc1. The Morgan fingerprint density at radius 2 is 1.02 bits per heavy atom. The van der Waals surface area contributed by atoms with Crippen molar-refractivity contribution in [3.8, 4) is 28.1 Å². The lowest BCUT2D eigenvalue weighted by molar-refractivity contribution is 1.19. The van der Waals surface area contributed by atoms with Crippen molar-refractivity contribution in [2.24, 2.45) is 0 Å². The van der Waals surface area contributed by atoms with E-state index in [1.54, 1.807) is 0 Å². The van der Waals surface area contributed by atoms with E-state index in [-0.39, 0.29) is 0 Å². The minimum absolute atomic E-state index is 0.997. The summed E-state index contributed by atoms with van der Waals surface area (Å²) >= 11 is 0. The number of hydrogen-bond acceptors (Lipinski definition) is 1. The van der Waals surface area contributed by atoms with E-state index < -0.39 is 0 Å². The topological polar surface area (TPSA) is 17.8 Å². The molecule has 2 heteroatoms. The molecule has 2 nitrogen and oxygen atoms in total. The summed E-state index contributed by atoms with van der Waals surface area (Å²) < 4.78 is 2.43. The lowest BCUT2D eigenvalue weighted by atomic mass is 9.92. The molecule has 2 heterocycles. The third-order valence-corrected chi connectivity index (χ3v) is 9.75. The maximum Gasteiger partial charge on any atom is 0.0788 e. The van der Waals surface area contributed by atoms with E-state index in [0.717, 1.165) is 33.2 Å². The Balaban J connectivity index is 1.24. The normalized spacial score (nSPS) is 11.8. The number of fused-ring (bicyclic) bond motifs is 10. The Bertz CT molecular complexity index is 2830. The van der Waals surface area contributed by atoms with Crippen LogP contribution in [0.15, 0.2) is 170 Å². The fourth-order valence-electron chi connectivity index (χ4n) is 7.66. The fraction of sp³-hybridized carbons (Fsp3) is 0. The first kappa shape index (κ1) is 26.0. The summed E-state index contributed by atoms with van der Waals surface area (Å²) in [5.74, 6) is 0. The molecule has 0 aliphatic carbocycles. The van der Waals surface area contributed by atoms with E-state index in [1.807, 2.05) is 0 Å². The predicted octanol–water partition coefficient (Wildman–Crippen LogP) is 12.1. The largest absolute Gasteiger partial charge is 0.309 e. The Kier molecular flexibility index (Phi) is 5.61. The van der Waals surface area contributed by atoms with Gasteiger partial charge in [-0.15, -0.1) is 0 Å². The molecule has 0 aliphatic heterocycles. The first-order chi connectivity index (χ1) is 23.3. The third-order valence-electron chi connectivity index (χ3n) is 9.75. The molecule has 0 saturated carbocycles. The molecule has 0 radical (unpaired) electrons. The summed E-state index contributed by atoms with van der Waals surface area (Å²) in [5, 5.41) is 11.1. The summed E-state index contributed by atoms with van der Waals surface area (Å²) in [6.07, 6.45) is 0. The van der Waals surface area contributed by atoms with Crippen molar-refractivity contribution < 1.29 is 0 Å². The molecule has 0 unspecified atom stereocenters. The highest BCUT2D eigenvalue weighted by Gasteiger charge is 2.19. The summed E-state index contributed by atoms with van der Waals surface area (Å²) in [6.45, 7) is 0. The van der Waals surface area contributed by atoms with Gasteiger partial charge in [0.1, 0.15) is 0 Å². The molecule has 0 saturated heterocycles. The molecule has 10 rings (SSSR count). The van der Waals surface area contributed by atoms with Crippen molar-refractivity contribution in [3.63, 3.8) is 0 Å². The van der Waals surface area contributed by atoms with Crippen molar-refractivity contribution in [2.45, 2.75) is 0 Å². The number of rotatable bonds is 3. The van der Waals surface area contributed by atoms with E-state index in [4.69, 9.17) is 4.98 Å². The molecule has 2 aromatic heterocycles. The molecule has 10 aromatic rings. The molecule has 0 spiro atoms. The van der Waals surface area contributed by atoms with Gasteiger partial charge in [-0.1, -0.05) is 140 Å². The molecule has 0 atom stereocenters. The number of para-hydroxylation sites is 3. The average molecular weight is 597 g/mol. The second-order valence-corrected chi connectivity index (χ2v) is 12.3.